The molecule has 0 saturated heterocycles. The summed E-state index contributed by atoms with van der Waals surface area (Å²) in [6, 6.07) is 5.22. The Labute approximate surface area is 108 Å². The lowest BCUT2D eigenvalue weighted by atomic mass is 10.2. The maximum absolute atomic E-state index is 9.27. The first-order chi connectivity index (χ1) is 8.70. The lowest BCUT2D eigenvalue weighted by Gasteiger charge is -2.12. The van der Waals surface area contributed by atoms with Gasteiger partial charge in [0.15, 0.2) is 0 Å². The molecule has 0 aliphatic carbocycles. The first kappa shape index (κ1) is 12.7. The third kappa shape index (κ3) is 2.95. The lowest BCUT2D eigenvalue weighted by Crippen LogP contribution is -2.23. The van der Waals surface area contributed by atoms with E-state index in [2.05, 4.69) is 20.8 Å². The van der Waals surface area contributed by atoms with Crippen molar-refractivity contribution in [1.29, 1.82) is 0 Å². The minimum absolute atomic E-state index is 0.204. The molecule has 0 aliphatic rings. The number of aromatic nitrogens is 4. The van der Waals surface area contributed by atoms with Crippen LogP contribution < -0.4 is 5.32 Å². The minimum atomic E-state index is -0.835. The Morgan fingerprint density at radius 3 is 2.94 bits per heavy atom. The number of rotatable bonds is 5. The molecule has 1 unspecified atom stereocenters. The highest BCUT2D eigenvalue weighted by molar-refractivity contribution is 6.33. The molecule has 0 aliphatic heterocycles. The summed E-state index contributed by atoms with van der Waals surface area (Å²) < 4.78 is 1.49. The molecule has 0 saturated carbocycles. The number of nitrogens with zero attached hydrogens (tertiary/aromatic N) is 4. The van der Waals surface area contributed by atoms with E-state index in [1.54, 1.807) is 18.2 Å². The summed E-state index contributed by atoms with van der Waals surface area (Å²) in [6.45, 7) is -0.105. The normalized spacial score (nSPS) is 12.4. The molecular weight excluding hydrogens is 258 g/mol. The van der Waals surface area contributed by atoms with Crippen molar-refractivity contribution >= 4 is 17.3 Å². The summed E-state index contributed by atoms with van der Waals surface area (Å²) >= 11 is 6.02. The molecule has 0 spiro atoms. The van der Waals surface area contributed by atoms with Crippen molar-refractivity contribution < 1.29 is 10.2 Å². The van der Waals surface area contributed by atoms with Gasteiger partial charge in [0, 0.05) is 6.54 Å². The number of anilines is 1. The fourth-order valence-corrected chi connectivity index (χ4v) is 1.55. The van der Waals surface area contributed by atoms with Crippen LogP contribution in [0.25, 0.3) is 5.69 Å². The Morgan fingerprint density at radius 1 is 1.44 bits per heavy atom. The number of benzene rings is 1. The molecule has 1 atom stereocenters. The van der Waals surface area contributed by atoms with E-state index < -0.39 is 6.10 Å². The Hall–Kier alpha value is -1.70. The molecule has 96 valence electrons. The Kier molecular flexibility index (Phi) is 4.08. The van der Waals surface area contributed by atoms with Crippen molar-refractivity contribution in [3.8, 4) is 5.69 Å². The summed E-state index contributed by atoms with van der Waals surface area (Å²) in [4.78, 5) is 0. The van der Waals surface area contributed by atoms with Gasteiger partial charge in [0.1, 0.15) is 6.33 Å². The fraction of sp³-hybridized carbons (Fsp3) is 0.300. The van der Waals surface area contributed by atoms with Gasteiger partial charge in [-0.2, -0.15) is 0 Å². The van der Waals surface area contributed by atoms with E-state index >= 15 is 0 Å². The highest BCUT2D eigenvalue weighted by Gasteiger charge is 2.06. The van der Waals surface area contributed by atoms with E-state index in [0.717, 1.165) is 5.69 Å². The first-order valence-corrected chi connectivity index (χ1v) is 5.64. The predicted octanol–water partition coefficient (Wildman–Crippen LogP) is 0.0808. The van der Waals surface area contributed by atoms with E-state index in [0.29, 0.717) is 10.7 Å². The van der Waals surface area contributed by atoms with Gasteiger partial charge in [-0.15, -0.1) is 5.10 Å². The molecule has 7 nitrogen and oxygen atoms in total. The Bertz CT molecular complexity index is 505. The quantitative estimate of drug-likeness (QED) is 0.711. The van der Waals surface area contributed by atoms with Gasteiger partial charge in [-0.05, 0) is 28.6 Å². The number of nitrogens with one attached hydrogen (secondary N) is 1. The van der Waals surface area contributed by atoms with E-state index in [1.807, 2.05) is 0 Å². The smallest absolute Gasteiger partial charge is 0.143 e. The van der Waals surface area contributed by atoms with Crippen LogP contribution in [0, 0.1) is 0 Å². The van der Waals surface area contributed by atoms with Crippen LogP contribution in [0.3, 0.4) is 0 Å². The SMILES string of the molecule is OCC(O)CNc1cc(-n2cnnn2)ccc1Cl. The Morgan fingerprint density at radius 2 is 2.28 bits per heavy atom. The zero-order valence-corrected chi connectivity index (χ0v) is 10.1. The van der Waals surface area contributed by atoms with Crippen LogP contribution in [0.4, 0.5) is 5.69 Å². The van der Waals surface area contributed by atoms with Crippen molar-refractivity contribution in [2.45, 2.75) is 6.10 Å². The molecule has 1 heterocycles. The number of halogens is 1. The largest absolute Gasteiger partial charge is 0.394 e. The van der Waals surface area contributed by atoms with Gasteiger partial charge in [-0.3, -0.25) is 0 Å². The molecule has 1 aromatic carbocycles. The van der Waals surface area contributed by atoms with E-state index in [4.69, 9.17) is 16.7 Å². The van der Waals surface area contributed by atoms with E-state index in [9.17, 15) is 5.11 Å². The number of aliphatic hydroxyl groups is 2. The monoisotopic (exact) mass is 269 g/mol. The number of tetrazole rings is 1. The molecule has 2 rings (SSSR count). The molecule has 0 radical (unpaired) electrons. The minimum Gasteiger partial charge on any atom is -0.394 e. The van der Waals surface area contributed by atoms with E-state index in [-0.39, 0.29) is 13.2 Å². The Balaban J connectivity index is 2.17. The molecule has 8 heteroatoms. The molecule has 2 aromatic rings. The number of hydrogen-bond donors (Lipinski definition) is 3. The highest BCUT2D eigenvalue weighted by Crippen LogP contribution is 2.24. The first-order valence-electron chi connectivity index (χ1n) is 5.26. The van der Waals surface area contributed by atoms with Crippen molar-refractivity contribution in [1.82, 2.24) is 20.2 Å². The molecule has 0 amide bonds. The molecule has 18 heavy (non-hydrogen) atoms. The van der Waals surface area contributed by atoms with Crippen LogP contribution in [0.1, 0.15) is 0 Å². The van der Waals surface area contributed by atoms with Crippen molar-refractivity contribution in [2.75, 3.05) is 18.5 Å². The van der Waals surface area contributed by atoms with Gasteiger partial charge in [0.25, 0.3) is 0 Å². The van der Waals surface area contributed by atoms with Crippen molar-refractivity contribution in [3.05, 3.63) is 29.5 Å². The maximum atomic E-state index is 9.27. The summed E-state index contributed by atoms with van der Waals surface area (Å²) in [5, 5.41) is 32.3. The molecule has 1 aromatic heterocycles. The maximum Gasteiger partial charge on any atom is 0.143 e. The van der Waals surface area contributed by atoms with Crippen LogP contribution in [0.15, 0.2) is 24.5 Å². The lowest BCUT2D eigenvalue weighted by molar-refractivity contribution is 0.105. The molecular formula is C10H12ClN5O2. The second-order valence-corrected chi connectivity index (χ2v) is 4.04. The van der Waals surface area contributed by atoms with Crippen LogP contribution >= 0.6 is 11.6 Å². The predicted molar refractivity (Wildman–Crippen MR) is 65.7 cm³/mol. The van der Waals surface area contributed by atoms with Crippen LogP contribution in [0.2, 0.25) is 5.02 Å². The highest BCUT2D eigenvalue weighted by atomic mass is 35.5. The van der Waals surface area contributed by atoms with Crippen molar-refractivity contribution in [3.63, 3.8) is 0 Å². The summed E-state index contributed by atoms with van der Waals surface area (Å²) in [5.41, 5.74) is 1.38. The zero-order chi connectivity index (χ0) is 13.0. The van der Waals surface area contributed by atoms with Crippen LogP contribution in [-0.2, 0) is 0 Å². The van der Waals surface area contributed by atoms with Gasteiger partial charge in [-0.1, -0.05) is 11.6 Å². The van der Waals surface area contributed by atoms with E-state index in [1.165, 1.54) is 11.0 Å². The molecule has 3 N–H and O–H groups in total. The summed E-state index contributed by atoms with van der Waals surface area (Å²) in [6.07, 6.45) is 0.632. The summed E-state index contributed by atoms with van der Waals surface area (Å²) in [7, 11) is 0. The number of hydrogen-bond acceptors (Lipinski definition) is 6. The standard InChI is InChI=1S/C10H12ClN5O2/c11-9-2-1-7(16-6-13-14-15-16)3-10(9)12-4-8(18)5-17/h1-3,6,8,12,17-18H,4-5H2. The van der Waals surface area contributed by atoms with Gasteiger partial charge >= 0.3 is 0 Å². The van der Waals surface area contributed by atoms with Gasteiger partial charge < -0.3 is 15.5 Å². The molecule has 0 bridgehead atoms. The fourth-order valence-electron chi connectivity index (χ4n) is 1.36. The molecule has 0 fully saturated rings. The van der Waals surface area contributed by atoms with Crippen LogP contribution in [-0.4, -0.2) is 49.7 Å². The zero-order valence-electron chi connectivity index (χ0n) is 9.36. The van der Waals surface area contributed by atoms with Gasteiger partial charge in [0.05, 0.1) is 29.1 Å². The third-order valence-corrected chi connectivity index (χ3v) is 2.63. The second kappa shape index (κ2) is 5.76. The van der Waals surface area contributed by atoms with Gasteiger partial charge in [0.2, 0.25) is 0 Å². The average Bonchev–Trinajstić information content (AvgIpc) is 2.91. The van der Waals surface area contributed by atoms with Crippen molar-refractivity contribution in [2.24, 2.45) is 0 Å². The van der Waals surface area contributed by atoms with Gasteiger partial charge in [-0.25, -0.2) is 4.68 Å². The average molecular weight is 270 g/mol. The number of aliphatic hydroxyl groups excluding tert-OH is 2. The van der Waals surface area contributed by atoms with Crippen LogP contribution in [0.5, 0.6) is 0 Å². The topological polar surface area (TPSA) is 96.1 Å². The second-order valence-electron chi connectivity index (χ2n) is 3.64. The third-order valence-electron chi connectivity index (χ3n) is 2.30. The summed E-state index contributed by atoms with van der Waals surface area (Å²) in [5.74, 6) is 0.